The Balaban J connectivity index is 0.00000661. The van der Waals surface area contributed by atoms with Gasteiger partial charge >= 0.3 is 35.6 Å². The van der Waals surface area contributed by atoms with Crippen LogP contribution in [0.5, 0.6) is 0 Å². The monoisotopic (exact) mass is 893 g/mol. The van der Waals surface area contributed by atoms with Crippen molar-refractivity contribution in [3.05, 3.63) is 120 Å². The summed E-state index contributed by atoms with van der Waals surface area (Å²) >= 11 is 0. The number of nitrogens with one attached hydrogen (secondary N) is 4. The molecule has 0 bridgehead atoms. The zero-order valence-electron chi connectivity index (χ0n) is 29.8. The molecule has 59 heavy (non-hydrogen) atoms. The van der Waals surface area contributed by atoms with Gasteiger partial charge in [-0.15, -0.1) is 0 Å². The number of hydrogen-bond donors (Lipinski definition) is 8. The molecule has 0 aliphatic carbocycles. The number of benzene rings is 6. The third-order valence-corrected chi connectivity index (χ3v) is 11.7. The molecule has 6 aromatic rings. The van der Waals surface area contributed by atoms with E-state index in [2.05, 4.69) is 21.3 Å². The summed E-state index contributed by atoms with van der Waals surface area (Å²) in [6.45, 7) is 0. The van der Waals surface area contributed by atoms with Gasteiger partial charge in [0, 0.05) is 33.3 Å². The zero-order valence-corrected chi connectivity index (χ0v) is 35.1. The van der Waals surface area contributed by atoms with Gasteiger partial charge in [-0.25, -0.2) is 4.79 Å². The van der Waals surface area contributed by atoms with E-state index in [0.717, 1.165) is 36.4 Å². The van der Waals surface area contributed by atoms with Crippen LogP contribution >= 0.6 is 0 Å². The molecule has 19 nitrogen and oxygen atoms in total. The SMILES string of the molecule is O=C(Nc1ccc(C(=O)Nc2cc(S(=O)(=O)O)cc3cccc(S(=O)(=O)O)c23)cc1)Nc1ccc(C(=O)Nc2cc(S(=O)(=O)O)cc3cccc(S(=O)(=O)O)c23)cc1.[Na+]. The summed E-state index contributed by atoms with van der Waals surface area (Å²) < 4.78 is 135. The maximum Gasteiger partial charge on any atom is 1.00 e. The second kappa shape index (κ2) is 16.7. The molecule has 0 spiro atoms. The predicted octanol–water partition coefficient (Wildman–Crippen LogP) is 2.13. The minimum absolute atomic E-state index is 0. The molecule has 300 valence electrons. The second-order valence-corrected chi connectivity index (χ2v) is 17.8. The Labute approximate surface area is 357 Å². The molecule has 0 atom stereocenters. The summed E-state index contributed by atoms with van der Waals surface area (Å²) in [6.07, 6.45) is 0. The van der Waals surface area contributed by atoms with Crippen LogP contribution in [0.15, 0.2) is 129 Å². The van der Waals surface area contributed by atoms with Crippen molar-refractivity contribution in [2.24, 2.45) is 0 Å². The molecule has 0 saturated heterocycles. The molecule has 0 unspecified atom stereocenters. The van der Waals surface area contributed by atoms with Crippen LogP contribution in [0.1, 0.15) is 20.7 Å². The normalized spacial score (nSPS) is 12.0. The zero-order chi connectivity index (χ0) is 42.4. The summed E-state index contributed by atoms with van der Waals surface area (Å²) in [5.74, 6) is -1.73. The molecular formula is C35H26N4NaO15S4+. The number of anilines is 4. The number of rotatable bonds is 10. The van der Waals surface area contributed by atoms with Crippen molar-refractivity contribution in [1.29, 1.82) is 0 Å². The van der Waals surface area contributed by atoms with Crippen LogP contribution in [0.25, 0.3) is 21.5 Å². The van der Waals surface area contributed by atoms with E-state index in [4.69, 9.17) is 0 Å². The molecule has 0 aliphatic rings. The summed E-state index contributed by atoms with van der Waals surface area (Å²) in [7, 11) is -19.3. The van der Waals surface area contributed by atoms with E-state index in [0.29, 0.717) is 0 Å². The fourth-order valence-electron chi connectivity index (χ4n) is 5.75. The first kappa shape index (κ1) is 44.8. The Morgan fingerprint density at radius 1 is 0.424 bits per heavy atom. The Bertz CT molecular complexity index is 2950. The van der Waals surface area contributed by atoms with E-state index in [9.17, 15) is 66.3 Å². The van der Waals surface area contributed by atoms with E-state index in [1.165, 1.54) is 72.8 Å². The molecule has 0 fully saturated rings. The number of urea groups is 1. The van der Waals surface area contributed by atoms with Crippen molar-refractivity contribution < 1.29 is 95.8 Å². The van der Waals surface area contributed by atoms with E-state index in [1.54, 1.807) is 0 Å². The van der Waals surface area contributed by atoms with Crippen LogP contribution in [-0.2, 0) is 40.5 Å². The molecule has 0 saturated carbocycles. The van der Waals surface area contributed by atoms with Crippen molar-refractivity contribution in [1.82, 2.24) is 0 Å². The van der Waals surface area contributed by atoms with Crippen LogP contribution in [0.3, 0.4) is 0 Å². The van der Waals surface area contributed by atoms with Gasteiger partial charge in [0.2, 0.25) is 0 Å². The average Bonchev–Trinajstić information content (AvgIpc) is 3.13. The molecule has 6 aromatic carbocycles. The molecule has 0 heterocycles. The topological polar surface area (TPSA) is 317 Å². The minimum atomic E-state index is -4.85. The van der Waals surface area contributed by atoms with Gasteiger partial charge < -0.3 is 21.3 Å². The van der Waals surface area contributed by atoms with E-state index in [-0.39, 0.29) is 85.0 Å². The Kier molecular flexibility index (Phi) is 12.7. The second-order valence-electron chi connectivity index (χ2n) is 12.2. The third kappa shape index (κ3) is 10.3. The molecule has 0 aliphatic heterocycles. The van der Waals surface area contributed by atoms with Gasteiger partial charge in [-0.3, -0.25) is 27.8 Å². The van der Waals surface area contributed by atoms with Crippen LogP contribution in [0.4, 0.5) is 27.5 Å². The van der Waals surface area contributed by atoms with Crippen molar-refractivity contribution in [3.8, 4) is 0 Å². The van der Waals surface area contributed by atoms with E-state index in [1.807, 2.05) is 0 Å². The number of fused-ring (bicyclic) bond motifs is 2. The number of carbonyl (C=O) groups is 3. The van der Waals surface area contributed by atoms with Gasteiger partial charge in [-0.05, 0) is 95.7 Å². The molecule has 0 radical (unpaired) electrons. The first-order valence-electron chi connectivity index (χ1n) is 15.9. The van der Waals surface area contributed by atoms with Crippen molar-refractivity contribution in [2.45, 2.75) is 19.6 Å². The fourth-order valence-corrected chi connectivity index (χ4v) is 8.31. The first-order valence-corrected chi connectivity index (χ1v) is 21.7. The summed E-state index contributed by atoms with van der Waals surface area (Å²) in [4.78, 5) is 36.5. The predicted molar refractivity (Wildman–Crippen MR) is 209 cm³/mol. The average molecular weight is 894 g/mol. The van der Waals surface area contributed by atoms with E-state index >= 15 is 0 Å². The largest absolute Gasteiger partial charge is 1.00 e. The fraction of sp³-hybridized carbons (Fsp3) is 0. The summed E-state index contributed by atoms with van der Waals surface area (Å²) in [5, 5.41) is 9.24. The summed E-state index contributed by atoms with van der Waals surface area (Å²) in [6, 6.07) is 20.3. The summed E-state index contributed by atoms with van der Waals surface area (Å²) in [5.41, 5.74) is -0.440. The number of carbonyl (C=O) groups excluding carboxylic acids is 3. The Morgan fingerprint density at radius 2 is 0.763 bits per heavy atom. The molecular weight excluding hydrogens is 868 g/mol. The minimum Gasteiger partial charge on any atom is -0.321 e. The van der Waals surface area contributed by atoms with Gasteiger partial charge in [0.15, 0.2) is 0 Å². The number of hydrogen-bond acceptors (Lipinski definition) is 11. The quantitative estimate of drug-likeness (QED) is 0.0722. The number of amides is 4. The third-order valence-electron chi connectivity index (χ3n) is 8.28. The van der Waals surface area contributed by atoms with Crippen LogP contribution < -0.4 is 50.8 Å². The Hall–Kier alpha value is -5.31. The maximum atomic E-state index is 13.2. The molecule has 4 amide bonds. The van der Waals surface area contributed by atoms with Crippen molar-refractivity contribution >= 4 is 103 Å². The molecule has 8 N–H and O–H groups in total. The van der Waals surface area contributed by atoms with Gasteiger partial charge in [0.05, 0.1) is 21.2 Å². The van der Waals surface area contributed by atoms with Crippen molar-refractivity contribution in [2.75, 3.05) is 21.3 Å². The van der Waals surface area contributed by atoms with Crippen molar-refractivity contribution in [3.63, 3.8) is 0 Å². The van der Waals surface area contributed by atoms with Crippen LogP contribution in [0, 0.1) is 0 Å². The standard InChI is InChI=1S/C35H26N4O15S4.Na/c40-33(38-27-17-25(55(43,44)45)15-21-3-1-5-29(31(21)27)57(49,50)51)19-7-11-23(12-8-19)36-35(42)37-24-13-9-20(10-14-24)34(41)39-28-18-26(56(46,47)48)16-22-4-2-6-30(32(22)28)58(52,53)54;/h1-18H,(H,38,40)(H,39,41)(H2,36,37,42)(H,43,44,45)(H,46,47,48)(H,49,50,51)(H,52,53,54);/q;+1. The van der Waals surface area contributed by atoms with Crippen LogP contribution in [0.2, 0.25) is 0 Å². The van der Waals surface area contributed by atoms with Gasteiger partial charge in [0.25, 0.3) is 52.3 Å². The van der Waals surface area contributed by atoms with Gasteiger partial charge in [0.1, 0.15) is 9.79 Å². The Morgan fingerprint density at radius 3 is 1.07 bits per heavy atom. The smallest absolute Gasteiger partial charge is 0.321 e. The molecule has 0 aromatic heterocycles. The van der Waals surface area contributed by atoms with Gasteiger partial charge in [-0.1, -0.05) is 24.3 Å². The molecule has 6 rings (SSSR count). The van der Waals surface area contributed by atoms with E-state index < -0.39 is 77.9 Å². The van der Waals surface area contributed by atoms with Crippen LogP contribution in [-0.4, -0.2) is 69.7 Å². The first-order chi connectivity index (χ1) is 27.0. The van der Waals surface area contributed by atoms with Gasteiger partial charge in [-0.2, -0.15) is 33.7 Å². The molecule has 24 heteroatoms. The maximum absolute atomic E-state index is 13.2.